The molecule has 0 aliphatic rings. The Labute approximate surface area is 85.9 Å². The SMILES string of the molecule is CC=COC(=O)c1cc(O)c(O)c(O)c1. The van der Waals surface area contributed by atoms with Gasteiger partial charge in [-0.1, -0.05) is 6.08 Å². The summed E-state index contributed by atoms with van der Waals surface area (Å²) in [4.78, 5) is 11.2. The van der Waals surface area contributed by atoms with Crippen molar-refractivity contribution in [2.45, 2.75) is 6.92 Å². The molecule has 5 heteroatoms. The molecule has 15 heavy (non-hydrogen) atoms. The third kappa shape index (κ3) is 2.40. The molecule has 0 aliphatic heterocycles. The van der Waals surface area contributed by atoms with Gasteiger partial charge in [0.05, 0.1) is 11.8 Å². The van der Waals surface area contributed by atoms with Gasteiger partial charge in [0.15, 0.2) is 17.2 Å². The summed E-state index contributed by atoms with van der Waals surface area (Å²) in [6, 6.07) is 2.00. The summed E-state index contributed by atoms with van der Waals surface area (Å²) in [5.74, 6) is -2.57. The molecule has 0 heterocycles. The van der Waals surface area contributed by atoms with Gasteiger partial charge in [-0.25, -0.2) is 4.79 Å². The average Bonchev–Trinajstić information content (AvgIpc) is 2.21. The number of carbonyl (C=O) groups is 1. The molecular weight excluding hydrogens is 200 g/mol. The topological polar surface area (TPSA) is 87.0 Å². The van der Waals surface area contributed by atoms with Gasteiger partial charge in [0.2, 0.25) is 0 Å². The van der Waals surface area contributed by atoms with E-state index in [1.54, 1.807) is 6.92 Å². The van der Waals surface area contributed by atoms with Crippen molar-refractivity contribution in [3.63, 3.8) is 0 Å². The number of rotatable bonds is 2. The lowest BCUT2D eigenvalue weighted by Gasteiger charge is -2.03. The second kappa shape index (κ2) is 4.36. The summed E-state index contributed by atoms with van der Waals surface area (Å²) in [5.41, 5.74) is -0.0547. The van der Waals surface area contributed by atoms with Crippen molar-refractivity contribution in [3.8, 4) is 17.2 Å². The minimum atomic E-state index is -0.737. The van der Waals surface area contributed by atoms with Gasteiger partial charge in [-0.3, -0.25) is 0 Å². The Morgan fingerprint density at radius 1 is 1.27 bits per heavy atom. The van der Waals surface area contributed by atoms with Crippen molar-refractivity contribution in [2.24, 2.45) is 0 Å². The molecule has 80 valence electrons. The third-order valence-electron chi connectivity index (χ3n) is 1.62. The Hall–Kier alpha value is -2.17. The normalized spacial score (nSPS) is 10.5. The number of phenols is 3. The van der Waals surface area contributed by atoms with Crippen LogP contribution in [-0.4, -0.2) is 21.3 Å². The Balaban J connectivity index is 3.01. The van der Waals surface area contributed by atoms with Crippen LogP contribution in [0.1, 0.15) is 17.3 Å². The number of carbonyl (C=O) groups excluding carboxylic acids is 1. The summed E-state index contributed by atoms with van der Waals surface area (Å²) in [6.45, 7) is 1.67. The third-order valence-corrected chi connectivity index (χ3v) is 1.62. The van der Waals surface area contributed by atoms with Crippen LogP contribution in [0, 0.1) is 0 Å². The maximum Gasteiger partial charge on any atom is 0.343 e. The van der Waals surface area contributed by atoms with E-state index in [0.29, 0.717) is 0 Å². The highest BCUT2D eigenvalue weighted by molar-refractivity contribution is 5.91. The fraction of sp³-hybridized carbons (Fsp3) is 0.100. The van der Waals surface area contributed by atoms with Crippen LogP contribution in [0.15, 0.2) is 24.5 Å². The maximum atomic E-state index is 11.2. The lowest BCUT2D eigenvalue weighted by molar-refractivity contribution is 0.0661. The lowest BCUT2D eigenvalue weighted by Crippen LogP contribution is -2.00. The van der Waals surface area contributed by atoms with E-state index in [2.05, 4.69) is 4.74 Å². The molecule has 0 saturated heterocycles. The summed E-state index contributed by atoms with van der Waals surface area (Å²) in [7, 11) is 0. The predicted octanol–water partition coefficient (Wildman–Crippen LogP) is 1.49. The zero-order chi connectivity index (χ0) is 11.4. The van der Waals surface area contributed by atoms with Crippen molar-refractivity contribution >= 4 is 5.97 Å². The molecule has 0 bridgehead atoms. The summed E-state index contributed by atoms with van der Waals surface area (Å²) >= 11 is 0. The van der Waals surface area contributed by atoms with E-state index in [9.17, 15) is 4.79 Å². The van der Waals surface area contributed by atoms with Crippen molar-refractivity contribution in [2.75, 3.05) is 0 Å². The molecule has 0 unspecified atom stereocenters. The monoisotopic (exact) mass is 210 g/mol. The van der Waals surface area contributed by atoms with Crippen LogP contribution < -0.4 is 0 Å². The number of hydrogen-bond donors (Lipinski definition) is 3. The van der Waals surface area contributed by atoms with E-state index in [1.165, 1.54) is 12.3 Å². The molecule has 0 aliphatic carbocycles. The number of benzene rings is 1. The van der Waals surface area contributed by atoms with E-state index < -0.39 is 23.2 Å². The van der Waals surface area contributed by atoms with Crippen molar-refractivity contribution in [1.29, 1.82) is 0 Å². The minimum absolute atomic E-state index is 0.0547. The fourth-order valence-corrected chi connectivity index (χ4v) is 0.920. The molecule has 0 atom stereocenters. The summed E-state index contributed by atoms with van der Waals surface area (Å²) < 4.78 is 4.60. The van der Waals surface area contributed by atoms with Crippen LogP contribution in [0.25, 0.3) is 0 Å². The number of aromatic hydroxyl groups is 3. The van der Waals surface area contributed by atoms with Crippen molar-refractivity contribution < 1.29 is 24.9 Å². The van der Waals surface area contributed by atoms with Crippen molar-refractivity contribution in [3.05, 3.63) is 30.0 Å². The van der Waals surface area contributed by atoms with Crippen LogP contribution in [0.5, 0.6) is 17.2 Å². The standard InChI is InChI=1S/C10H10O5/c1-2-3-15-10(14)6-4-7(11)9(13)8(12)5-6/h2-5,11-13H,1H3. The van der Waals surface area contributed by atoms with Gasteiger partial charge in [0, 0.05) is 0 Å². The van der Waals surface area contributed by atoms with Crippen LogP contribution in [-0.2, 0) is 4.74 Å². The molecule has 1 rings (SSSR count). The molecule has 5 nitrogen and oxygen atoms in total. The molecule has 0 radical (unpaired) electrons. The van der Waals surface area contributed by atoms with Crippen LogP contribution in [0.3, 0.4) is 0 Å². The smallest absolute Gasteiger partial charge is 0.343 e. The average molecular weight is 210 g/mol. The number of phenolic OH excluding ortho intramolecular Hbond substituents is 3. The molecule has 0 fully saturated rings. The maximum absolute atomic E-state index is 11.2. The highest BCUT2D eigenvalue weighted by atomic mass is 16.5. The zero-order valence-electron chi connectivity index (χ0n) is 7.97. The molecule has 3 N–H and O–H groups in total. The second-order valence-electron chi connectivity index (χ2n) is 2.74. The Morgan fingerprint density at radius 3 is 2.27 bits per heavy atom. The van der Waals surface area contributed by atoms with Crippen molar-refractivity contribution in [1.82, 2.24) is 0 Å². The number of hydrogen-bond acceptors (Lipinski definition) is 5. The molecule has 1 aromatic carbocycles. The molecule has 1 aromatic rings. The molecule has 0 amide bonds. The van der Waals surface area contributed by atoms with Crippen LogP contribution in [0.2, 0.25) is 0 Å². The van der Waals surface area contributed by atoms with E-state index in [1.807, 2.05) is 0 Å². The van der Waals surface area contributed by atoms with E-state index >= 15 is 0 Å². The van der Waals surface area contributed by atoms with Gasteiger partial charge >= 0.3 is 5.97 Å². The molecule has 0 aromatic heterocycles. The fourth-order valence-electron chi connectivity index (χ4n) is 0.920. The molecule has 0 spiro atoms. The number of ether oxygens (including phenoxy) is 1. The van der Waals surface area contributed by atoms with Gasteiger partial charge in [0.1, 0.15) is 0 Å². The van der Waals surface area contributed by atoms with Gasteiger partial charge in [0.25, 0.3) is 0 Å². The van der Waals surface area contributed by atoms with Crippen LogP contribution in [0.4, 0.5) is 0 Å². The van der Waals surface area contributed by atoms with Gasteiger partial charge in [-0.15, -0.1) is 0 Å². The molecular formula is C10H10O5. The highest BCUT2D eigenvalue weighted by Crippen LogP contribution is 2.35. The summed E-state index contributed by atoms with van der Waals surface area (Å²) in [5, 5.41) is 27.3. The second-order valence-corrected chi connectivity index (χ2v) is 2.74. The minimum Gasteiger partial charge on any atom is -0.504 e. The summed E-state index contributed by atoms with van der Waals surface area (Å²) in [6.07, 6.45) is 2.68. The highest BCUT2D eigenvalue weighted by Gasteiger charge is 2.13. The Bertz CT molecular complexity index is 385. The van der Waals surface area contributed by atoms with E-state index in [0.717, 1.165) is 12.1 Å². The number of allylic oxidation sites excluding steroid dienone is 1. The van der Waals surface area contributed by atoms with E-state index in [-0.39, 0.29) is 5.56 Å². The quantitative estimate of drug-likeness (QED) is 0.391. The predicted molar refractivity (Wildman–Crippen MR) is 51.7 cm³/mol. The van der Waals surface area contributed by atoms with E-state index in [4.69, 9.17) is 15.3 Å². The first-order chi connectivity index (χ1) is 7.06. The van der Waals surface area contributed by atoms with Gasteiger partial charge < -0.3 is 20.1 Å². The first-order valence-electron chi connectivity index (χ1n) is 4.13. The lowest BCUT2D eigenvalue weighted by atomic mass is 10.2. The van der Waals surface area contributed by atoms with Gasteiger partial charge in [-0.2, -0.15) is 0 Å². The zero-order valence-corrected chi connectivity index (χ0v) is 7.97. The van der Waals surface area contributed by atoms with Crippen LogP contribution >= 0.6 is 0 Å². The first kappa shape index (κ1) is 10.9. The van der Waals surface area contributed by atoms with Gasteiger partial charge in [-0.05, 0) is 19.1 Å². The largest absolute Gasteiger partial charge is 0.504 e. The Morgan fingerprint density at radius 2 is 1.80 bits per heavy atom. The molecule has 0 saturated carbocycles. The number of esters is 1. The Kier molecular flexibility index (Phi) is 3.17. The first-order valence-corrected chi connectivity index (χ1v) is 4.13.